The second-order valence-electron chi connectivity index (χ2n) is 8.21. The second-order valence-corrected chi connectivity index (χ2v) is 9.21. The summed E-state index contributed by atoms with van der Waals surface area (Å²) >= 11 is 1.34. The van der Waals surface area contributed by atoms with Crippen molar-refractivity contribution in [1.82, 2.24) is 20.3 Å². The van der Waals surface area contributed by atoms with Crippen molar-refractivity contribution < 1.29 is 6.22 Å². The molecular weight excluding hydrogens is 430 g/mol. The number of hydrogen-bond acceptors (Lipinski definition) is 6. The molecule has 0 fully saturated rings. The van der Waals surface area contributed by atoms with Crippen LogP contribution in [0.2, 0.25) is 0 Å². The molecule has 6 nitrogen and oxygen atoms in total. The second kappa shape index (κ2) is 9.92. The molecule has 0 bridgehead atoms. The van der Waals surface area contributed by atoms with Gasteiger partial charge in [-0.1, -0.05) is 59.7 Å². The van der Waals surface area contributed by atoms with Gasteiger partial charge in [0.1, 0.15) is 21.4 Å². The fourth-order valence-corrected chi connectivity index (χ4v) is 4.31. The number of carbonyl (C=O) groups is 1. The Kier molecular flexibility index (Phi) is 6.79. The highest BCUT2D eigenvalue weighted by Gasteiger charge is 2.18. The minimum Gasteiger partial charge on any atom is -0.354 e. The Morgan fingerprint density at radius 1 is 0.939 bits per heavy atom. The Balaban J connectivity index is 0.00000324. The van der Waals surface area contributed by atoms with Gasteiger partial charge in [0.15, 0.2) is 0 Å². The number of nitrogens with zero attached hydrogens (tertiary/aromatic N) is 4. The molecule has 0 unspecified atom stereocenters. The minimum absolute atomic E-state index is 0. The quantitative estimate of drug-likeness (QED) is 0.404. The third-order valence-electron chi connectivity index (χ3n) is 5.35. The molecule has 4 aromatic rings. The number of rotatable bonds is 7. The van der Waals surface area contributed by atoms with Crippen LogP contribution >= 0.6 is 11.3 Å². The van der Waals surface area contributed by atoms with Gasteiger partial charge in [0.2, 0.25) is 0 Å². The highest BCUT2D eigenvalue weighted by atomic mass is 32.1. The van der Waals surface area contributed by atoms with Gasteiger partial charge in [-0.25, -0.2) is 9.97 Å². The van der Waals surface area contributed by atoms with Crippen LogP contribution in [0.4, 0.5) is 5.82 Å². The Bertz CT molecular complexity index is 1260. The molecule has 0 saturated carbocycles. The molecule has 0 aliphatic rings. The highest BCUT2D eigenvalue weighted by molar-refractivity contribution is 7.17. The van der Waals surface area contributed by atoms with E-state index in [-0.39, 0.29) is 7.33 Å². The van der Waals surface area contributed by atoms with Crippen molar-refractivity contribution >= 4 is 23.1 Å². The van der Waals surface area contributed by atoms with Crippen molar-refractivity contribution in [2.45, 2.75) is 33.9 Å². The van der Waals surface area contributed by atoms with Crippen molar-refractivity contribution in [3.05, 3.63) is 93.7 Å². The molecule has 2 aromatic carbocycles. The summed E-state index contributed by atoms with van der Waals surface area (Å²) in [6, 6.07) is 16.6. The van der Waals surface area contributed by atoms with Gasteiger partial charge in [-0.3, -0.25) is 9.78 Å². The molecule has 33 heavy (non-hydrogen) atoms. The van der Waals surface area contributed by atoms with E-state index >= 15 is 0 Å². The van der Waals surface area contributed by atoms with Gasteiger partial charge in [-0.2, -0.15) is 0 Å². The number of benzene rings is 2. The van der Waals surface area contributed by atoms with E-state index in [2.05, 4.69) is 51.4 Å². The molecule has 7 heteroatoms. The maximum atomic E-state index is 12.8. The summed E-state index contributed by atoms with van der Waals surface area (Å²) in [5.41, 5.74) is 6.05. The molecule has 2 aromatic heterocycles. The van der Waals surface area contributed by atoms with E-state index in [4.69, 9.17) is 4.98 Å². The molecule has 0 spiro atoms. The van der Waals surface area contributed by atoms with Crippen LogP contribution < -0.4 is 10.2 Å². The number of amides is 1. The number of nitrogens with one attached hydrogen (secondary N) is 1. The molecular formula is C26H29N5OS. The summed E-state index contributed by atoms with van der Waals surface area (Å²) in [6.45, 7) is 7.17. The molecule has 0 radical (unpaired) electrons. The summed E-state index contributed by atoms with van der Waals surface area (Å²) < 4.78 is 0. The maximum Gasteiger partial charge on any atom is 0.263 e. The Labute approximate surface area is 199 Å². The van der Waals surface area contributed by atoms with Crippen molar-refractivity contribution in [3.8, 4) is 10.7 Å². The number of thiazole rings is 1. The van der Waals surface area contributed by atoms with Gasteiger partial charge in [-0.05, 0) is 31.9 Å². The van der Waals surface area contributed by atoms with Crippen LogP contribution in [0.15, 0.2) is 60.9 Å². The Hall–Kier alpha value is -3.58. The van der Waals surface area contributed by atoms with E-state index in [1.165, 1.54) is 28.0 Å². The summed E-state index contributed by atoms with van der Waals surface area (Å²) in [6.07, 6.45) is 3.43. The summed E-state index contributed by atoms with van der Waals surface area (Å²) in [7, 11) is 1.99. The molecule has 0 aliphatic heterocycles. The van der Waals surface area contributed by atoms with Crippen LogP contribution in [0.3, 0.4) is 0 Å². The number of carbonyl (C=O) groups excluding carboxylic acids is 1. The summed E-state index contributed by atoms with van der Waals surface area (Å²) in [4.78, 5) is 29.1. The summed E-state index contributed by atoms with van der Waals surface area (Å²) in [5, 5.41) is 3.67. The zero-order chi connectivity index (χ0) is 23.4. The average molecular weight is 460 g/mol. The van der Waals surface area contributed by atoms with Crippen LogP contribution in [0.25, 0.3) is 10.7 Å². The Morgan fingerprint density at radius 3 is 2.24 bits per heavy atom. The molecule has 4 rings (SSSR count). The lowest BCUT2D eigenvalue weighted by molar-refractivity contribution is 0.0954. The first-order valence-corrected chi connectivity index (χ1v) is 11.6. The van der Waals surface area contributed by atoms with E-state index in [0.29, 0.717) is 27.8 Å². The summed E-state index contributed by atoms with van der Waals surface area (Å²) in [5.74, 6) is 0.628. The first-order valence-electron chi connectivity index (χ1n) is 10.8. The van der Waals surface area contributed by atoms with Gasteiger partial charge in [0.25, 0.3) is 5.91 Å². The van der Waals surface area contributed by atoms with Gasteiger partial charge in [0.05, 0.1) is 18.1 Å². The van der Waals surface area contributed by atoms with Crippen molar-refractivity contribution in [3.63, 3.8) is 0 Å². The first-order chi connectivity index (χ1) is 15.9. The zero-order valence-corrected chi connectivity index (χ0v) is 20.1. The average Bonchev–Trinajstić information content (AvgIpc) is 3.22. The monoisotopic (exact) mass is 459 g/mol. The molecule has 0 aliphatic carbocycles. The lowest BCUT2D eigenvalue weighted by Crippen LogP contribution is -2.22. The number of aromatic nitrogens is 3. The van der Waals surface area contributed by atoms with Crippen molar-refractivity contribution in [2.24, 2.45) is 0 Å². The number of aryl methyl sites for hydroxylation is 3. The lowest BCUT2D eigenvalue weighted by Gasteiger charge is -2.18. The molecule has 1 N–H and O–H groups in total. The molecule has 170 valence electrons. The number of anilines is 1. The fourth-order valence-electron chi connectivity index (χ4n) is 3.38. The van der Waals surface area contributed by atoms with Crippen molar-refractivity contribution in [1.29, 1.82) is 0 Å². The van der Waals surface area contributed by atoms with E-state index in [1.54, 1.807) is 12.4 Å². The topological polar surface area (TPSA) is 71.0 Å². The van der Waals surface area contributed by atoms with Crippen LogP contribution in [-0.4, -0.2) is 27.9 Å². The predicted octanol–water partition coefficient (Wildman–Crippen LogP) is 5.34. The van der Waals surface area contributed by atoms with Crippen LogP contribution in [-0.2, 0) is 13.1 Å². The van der Waals surface area contributed by atoms with E-state index in [0.717, 1.165) is 17.9 Å². The maximum absolute atomic E-state index is 12.8. The predicted molar refractivity (Wildman–Crippen MR) is 136 cm³/mol. The molecule has 0 atom stereocenters. The van der Waals surface area contributed by atoms with E-state index in [1.807, 2.05) is 45.2 Å². The zero-order valence-electron chi connectivity index (χ0n) is 19.3. The van der Waals surface area contributed by atoms with Crippen LogP contribution in [0.1, 0.15) is 39.0 Å². The van der Waals surface area contributed by atoms with Gasteiger partial charge >= 0.3 is 0 Å². The highest BCUT2D eigenvalue weighted by Crippen LogP contribution is 2.27. The minimum atomic E-state index is -0.127. The first kappa shape index (κ1) is 22.6. The smallest absolute Gasteiger partial charge is 0.263 e. The normalized spacial score (nSPS) is 10.8. The SMILES string of the molecule is Cc1ccc(CNC(=O)c2sc(-c3cncc(N(C)Cc4ccc(C)cc4)n3)nc2C)cc1.[HH]. The third kappa shape index (κ3) is 5.62. The van der Waals surface area contributed by atoms with E-state index in [9.17, 15) is 4.79 Å². The molecule has 0 saturated heterocycles. The Morgan fingerprint density at radius 2 is 1.58 bits per heavy atom. The molecule has 1 amide bonds. The van der Waals surface area contributed by atoms with Crippen LogP contribution in [0.5, 0.6) is 0 Å². The van der Waals surface area contributed by atoms with Gasteiger partial charge in [-0.15, -0.1) is 11.3 Å². The standard InChI is InChI=1S/C26H27N5OS.H2/c1-17-5-9-20(10-6-17)13-28-25(32)24-19(3)29-26(33-24)22-14-27-15-23(30-22)31(4)16-21-11-7-18(2)8-12-21;/h5-12,14-15H,13,16H2,1-4H3,(H,28,32);1H. The fraction of sp³-hybridized carbons (Fsp3) is 0.231. The van der Waals surface area contributed by atoms with Crippen molar-refractivity contribution in [2.75, 3.05) is 11.9 Å². The lowest BCUT2D eigenvalue weighted by atomic mass is 10.1. The van der Waals surface area contributed by atoms with Crippen LogP contribution in [0, 0.1) is 20.8 Å². The van der Waals surface area contributed by atoms with Gasteiger partial charge < -0.3 is 10.2 Å². The third-order valence-corrected chi connectivity index (χ3v) is 6.53. The largest absolute Gasteiger partial charge is 0.354 e. The number of hydrogen-bond donors (Lipinski definition) is 1. The molecule has 2 heterocycles. The van der Waals surface area contributed by atoms with E-state index < -0.39 is 0 Å². The van der Waals surface area contributed by atoms with Gasteiger partial charge in [0, 0.05) is 21.6 Å².